The first-order chi connectivity index (χ1) is 10.2. The molecule has 1 saturated heterocycles. The molecule has 0 aromatic heterocycles. The largest absolute Gasteiger partial charge is 0.378 e. The van der Waals surface area contributed by atoms with Gasteiger partial charge in [-0.2, -0.15) is 0 Å². The van der Waals surface area contributed by atoms with Gasteiger partial charge in [-0.1, -0.05) is 34.5 Å². The molecule has 1 aliphatic rings. The number of nitrogens with one attached hydrogen (secondary N) is 1. The van der Waals surface area contributed by atoms with Crippen LogP contribution in [0.3, 0.4) is 0 Å². The van der Waals surface area contributed by atoms with Gasteiger partial charge in [0, 0.05) is 22.1 Å². The lowest BCUT2D eigenvalue weighted by Gasteiger charge is -2.20. The summed E-state index contributed by atoms with van der Waals surface area (Å²) in [5.74, 6) is 0. The van der Waals surface area contributed by atoms with Crippen LogP contribution in [0.5, 0.6) is 0 Å². The average molecular weight is 375 g/mol. The van der Waals surface area contributed by atoms with E-state index in [-0.39, 0.29) is 0 Å². The van der Waals surface area contributed by atoms with E-state index in [1.807, 2.05) is 6.07 Å². The third kappa shape index (κ3) is 5.90. The Balaban J connectivity index is 1.92. The molecule has 2 nitrogen and oxygen atoms in total. The van der Waals surface area contributed by atoms with Crippen molar-refractivity contribution in [1.29, 1.82) is 0 Å². The maximum Gasteiger partial charge on any atom is 0.0576 e. The molecule has 1 N–H and O–H groups in total. The fourth-order valence-corrected chi connectivity index (χ4v) is 3.79. The number of ether oxygens (including phenoxy) is 1. The Morgan fingerprint density at radius 2 is 2.29 bits per heavy atom. The lowest BCUT2D eigenvalue weighted by atomic mass is 9.99. The second-order valence-corrected chi connectivity index (χ2v) is 7.13. The van der Waals surface area contributed by atoms with Crippen molar-refractivity contribution in [2.45, 2.75) is 57.6 Å². The van der Waals surface area contributed by atoms with Gasteiger partial charge in [-0.15, -0.1) is 0 Å². The van der Waals surface area contributed by atoms with Gasteiger partial charge in [0.05, 0.1) is 6.10 Å². The predicted octanol–water partition coefficient (Wildman–Crippen LogP) is 5.49. The molecule has 2 unspecified atom stereocenters. The SMILES string of the molecule is CCCNC(CCCC1CCCO1)c1cc(Cl)cc(Br)c1. The Morgan fingerprint density at radius 1 is 1.43 bits per heavy atom. The van der Waals surface area contributed by atoms with E-state index < -0.39 is 0 Å². The zero-order valence-electron chi connectivity index (χ0n) is 12.7. The number of benzene rings is 1. The van der Waals surface area contributed by atoms with Gasteiger partial charge in [-0.05, 0) is 68.8 Å². The first-order valence-electron chi connectivity index (χ1n) is 8.00. The molecule has 0 radical (unpaired) electrons. The van der Waals surface area contributed by atoms with Crippen molar-refractivity contribution < 1.29 is 4.74 Å². The van der Waals surface area contributed by atoms with E-state index in [0.717, 1.165) is 35.5 Å². The van der Waals surface area contributed by atoms with E-state index in [9.17, 15) is 0 Å². The molecular weight excluding hydrogens is 350 g/mol. The minimum absolute atomic E-state index is 0.376. The standard InChI is InChI=1S/C17H25BrClNO/c1-2-8-20-17(7-3-5-16-6-4-9-21-16)13-10-14(18)12-15(19)11-13/h10-12,16-17,20H,2-9H2,1H3. The van der Waals surface area contributed by atoms with E-state index in [1.54, 1.807) is 0 Å². The summed E-state index contributed by atoms with van der Waals surface area (Å²) in [6, 6.07) is 6.56. The molecule has 0 bridgehead atoms. The maximum absolute atomic E-state index is 6.19. The molecule has 21 heavy (non-hydrogen) atoms. The third-order valence-corrected chi connectivity index (χ3v) is 4.65. The van der Waals surface area contributed by atoms with Crippen molar-refractivity contribution in [3.05, 3.63) is 33.3 Å². The van der Waals surface area contributed by atoms with Crippen molar-refractivity contribution in [1.82, 2.24) is 5.32 Å². The zero-order valence-corrected chi connectivity index (χ0v) is 15.0. The Hall–Kier alpha value is -0.0900. The molecule has 1 aliphatic heterocycles. The van der Waals surface area contributed by atoms with Crippen molar-refractivity contribution in [2.75, 3.05) is 13.2 Å². The average Bonchev–Trinajstić information content (AvgIpc) is 2.94. The van der Waals surface area contributed by atoms with Crippen LogP contribution in [0.4, 0.5) is 0 Å². The highest BCUT2D eigenvalue weighted by atomic mass is 79.9. The second kappa shape index (κ2) is 9.14. The highest BCUT2D eigenvalue weighted by molar-refractivity contribution is 9.10. The molecule has 0 spiro atoms. The molecule has 118 valence electrons. The Bertz CT molecular complexity index is 415. The number of hydrogen-bond donors (Lipinski definition) is 1. The molecule has 1 aromatic carbocycles. The van der Waals surface area contributed by atoms with Gasteiger partial charge in [0.2, 0.25) is 0 Å². The van der Waals surface area contributed by atoms with E-state index in [0.29, 0.717) is 12.1 Å². The lowest BCUT2D eigenvalue weighted by molar-refractivity contribution is 0.101. The van der Waals surface area contributed by atoms with Gasteiger partial charge in [-0.25, -0.2) is 0 Å². The van der Waals surface area contributed by atoms with Crippen LogP contribution >= 0.6 is 27.5 Å². The topological polar surface area (TPSA) is 21.3 Å². The Labute approximate surface area is 141 Å². The quantitative estimate of drug-likeness (QED) is 0.649. The molecule has 1 heterocycles. The van der Waals surface area contributed by atoms with Gasteiger partial charge < -0.3 is 10.1 Å². The highest BCUT2D eigenvalue weighted by Crippen LogP contribution is 2.28. The van der Waals surface area contributed by atoms with E-state index in [2.05, 4.69) is 40.3 Å². The highest BCUT2D eigenvalue weighted by Gasteiger charge is 2.17. The molecule has 2 rings (SSSR count). The zero-order chi connectivity index (χ0) is 15.1. The van der Waals surface area contributed by atoms with Crippen LogP contribution in [0.2, 0.25) is 5.02 Å². The summed E-state index contributed by atoms with van der Waals surface area (Å²) in [5.41, 5.74) is 1.27. The predicted molar refractivity (Wildman–Crippen MR) is 93.0 cm³/mol. The van der Waals surface area contributed by atoms with Gasteiger partial charge in [-0.3, -0.25) is 0 Å². The summed E-state index contributed by atoms with van der Waals surface area (Å²) in [6.07, 6.45) is 7.58. The monoisotopic (exact) mass is 373 g/mol. The van der Waals surface area contributed by atoms with Gasteiger partial charge in [0.15, 0.2) is 0 Å². The van der Waals surface area contributed by atoms with Crippen LogP contribution in [-0.2, 0) is 4.74 Å². The molecule has 0 saturated carbocycles. The molecule has 1 fully saturated rings. The van der Waals surface area contributed by atoms with Crippen molar-refractivity contribution in [3.8, 4) is 0 Å². The normalized spacial score (nSPS) is 19.9. The molecular formula is C17H25BrClNO. The van der Waals surface area contributed by atoms with Crippen LogP contribution < -0.4 is 5.32 Å². The van der Waals surface area contributed by atoms with Crippen LogP contribution in [0.25, 0.3) is 0 Å². The smallest absolute Gasteiger partial charge is 0.0576 e. The Morgan fingerprint density at radius 3 is 2.95 bits per heavy atom. The molecule has 0 aliphatic carbocycles. The maximum atomic E-state index is 6.19. The van der Waals surface area contributed by atoms with E-state index >= 15 is 0 Å². The first-order valence-corrected chi connectivity index (χ1v) is 9.17. The van der Waals surface area contributed by atoms with Crippen LogP contribution in [0.1, 0.15) is 57.1 Å². The summed E-state index contributed by atoms with van der Waals surface area (Å²) >= 11 is 9.73. The summed E-state index contributed by atoms with van der Waals surface area (Å²) in [6.45, 7) is 4.18. The molecule has 0 amide bonds. The van der Waals surface area contributed by atoms with Gasteiger partial charge >= 0.3 is 0 Å². The van der Waals surface area contributed by atoms with Crippen molar-refractivity contribution >= 4 is 27.5 Å². The third-order valence-electron chi connectivity index (χ3n) is 3.97. The molecule has 1 aromatic rings. The minimum atomic E-state index is 0.376. The number of rotatable bonds is 8. The summed E-state index contributed by atoms with van der Waals surface area (Å²) < 4.78 is 6.76. The number of hydrogen-bond acceptors (Lipinski definition) is 2. The Kier molecular flexibility index (Phi) is 7.51. The van der Waals surface area contributed by atoms with Crippen molar-refractivity contribution in [3.63, 3.8) is 0 Å². The van der Waals surface area contributed by atoms with Gasteiger partial charge in [0.25, 0.3) is 0 Å². The summed E-state index contributed by atoms with van der Waals surface area (Å²) in [4.78, 5) is 0. The molecule has 4 heteroatoms. The van der Waals surface area contributed by atoms with E-state index in [1.165, 1.54) is 31.2 Å². The minimum Gasteiger partial charge on any atom is -0.378 e. The summed E-state index contributed by atoms with van der Waals surface area (Å²) in [5, 5.41) is 4.44. The van der Waals surface area contributed by atoms with Gasteiger partial charge in [0.1, 0.15) is 0 Å². The lowest BCUT2D eigenvalue weighted by Crippen LogP contribution is -2.22. The first kappa shape index (κ1) is 17.3. The fourth-order valence-electron chi connectivity index (χ4n) is 2.90. The summed E-state index contributed by atoms with van der Waals surface area (Å²) in [7, 11) is 0. The van der Waals surface area contributed by atoms with E-state index in [4.69, 9.17) is 16.3 Å². The molecule has 2 atom stereocenters. The van der Waals surface area contributed by atoms with Crippen molar-refractivity contribution in [2.24, 2.45) is 0 Å². The number of halogens is 2. The fraction of sp³-hybridized carbons (Fsp3) is 0.647. The second-order valence-electron chi connectivity index (χ2n) is 5.78. The van der Waals surface area contributed by atoms with Crippen LogP contribution in [0, 0.1) is 0 Å². The van der Waals surface area contributed by atoms with Crippen LogP contribution in [0.15, 0.2) is 22.7 Å². The van der Waals surface area contributed by atoms with Crippen LogP contribution in [-0.4, -0.2) is 19.3 Å².